The number of likely N-dealkylation sites (tertiary alicyclic amines) is 1. The van der Waals surface area contributed by atoms with Gasteiger partial charge in [-0.05, 0) is 41.7 Å². The van der Waals surface area contributed by atoms with Crippen molar-refractivity contribution in [2.75, 3.05) is 38.6 Å². The highest BCUT2D eigenvalue weighted by molar-refractivity contribution is 6.30. The van der Waals surface area contributed by atoms with E-state index in [-0.39, 0.29) is 29.9 Å². The van der Waals surface area contributed by atoms with Crippen LogP contribution in [0.2, 0.25) is 5.02 Å². The zero-order valence-corrected chi connectivity index (χ0v) is 20.4. The second kappa shape index (κ2) is 10.3. The third-order valence-electron chi connectivity index (χ3n) is 6.44. The average molecular weight is 541 g/mol. The minimum absolute atomic E-state index is 0. The molecule has 0 aromatic heterocycles. The van der Waals surface area contributed by atoms with E-state index < -0.39 is 0 Å². The van der Waals surface area contributed by atoms with E-state index in [1.807, 2.05) is 18.2 Å². The van der Waals surface area contributed by atoms with Gasteiger partial charge in [0.25, 0.3) is 0 Å². The second-order valence-electron chi connectivity index (χ2n) is 8.69. The van der Waals surface area contributed by atoms with Gasteiger partial charge in [0.15, 0.2) is 0 Å². The van der Waals surface area contributed by atoms with E-state index in [1.165, 1.54) is 37.1 Å². The van der Waals surface area contributed by atoms with Crippen LogP contribution in [0.1, 0.15) is 42.7 Å². The van der Waals surface area contributed by atoms with Crippen LogP contribution in [0.4, 0.5) is 5.69 Å². The maximum absolute atomic E-state index is 11.6. The van der Waals surface area contributed by atoms with Crippen LogP contribution in [0, 0.1) is 0 Å². The fourth-order valence-corrected chi connectivity index (χ4v) is 4.78. The first-order valence-electron chi connectivity index (χ1n) is 10.7. The normalized spacial score (nSPS) is 23.1. The Balaban J connectivity index is 0.00000256. The van der Waals surface area contributed by atoms with Crippen molar-refractivity contribution >= 4 is 23.2 Å². The number of nitrogens with one attached hydrogen (secondary N) is 1. The number of hydrogen-bond acceptors (Lipinski definition) is 2. The summed E-state index contributed by atoms with van der Waals surface area (Å²) in [6, 6.07) is 14.4. The summed E-state index contributed by atoms with van der Waals surface area (Å²) >= 11 is 6.16. The zero-order valence-electron chi connectivity index (χ0n) is 17.5. The van der Waals surface area contributed by atoms with E-state index in [9.17, 15) is 4.79 Å². The Morgan fingerprint density at radius 3 is 2.70 bits per heavy atom. The van der Waals surface area contributed by atoms with Crippen LogP contribution in [-0.4, -0.2) is 43.7 Å². The van der Waals surface area contributed by atoms with Crippen molar-refractivity contribution in [2.45, 2.75) is 38.0 Å². The molecule has 2 aliphatic heterocycles. The molecule has 4 nitrogen and oxygen atoms in total. The van der Waals surface area contributed by atoms with Gasteiger partial charge in [0, 0.05) is 42.5 Å². The number of fused-ring (bicyclic) bond motifs is 1. The van der Waals surface area contributed by atoms with Crippen molar-refractivity contribution in [1.29, 1.82) is 0 Å². The number of anilines is 1. The molecule has 0 bridgehead atoms. The van der Waals surface area contributed by atoms with E-state index >= 15 is 0 Å². The summed E-state index contributed by atoms with van der Waals surface area (Å²) < 4.78 is 7.08. The zero-order chi connectivity index (χ0) is 20.3. The Kier molecular flexibility index (Phi) is 8.04. The van der Waals surface area contributed by atoms with Crippen LogP contribution < -0.4 is 34.0 Å². The molecule has 2 aromatic carbocycles. The summed E-state index contributed by atoms with van der Waals surface area (Å²) in [5.41, 5.74) is 3.48. The number of aryl methyl sites for hydroxylation is 1. The maximum Gasteiger partial charge on any atom is 0.224 e. The SMILES string of the molecule is C[N+]1(CCCOc2ccc3c(c2)NC(=O)CC3)CCC(c2cccc(Cl)c2)CC1.[I-]. The number of quaternary nitrogens is 1. The molecule has 2 aliphatic rings. The van der Waals surface area contributed by atoms with E-state index in [0.717, 1.165) is 40.3 Å². The van der Waals surface area contributed by atoms with Crippen LogP contribution in [0.15, 0.2) is 42.5 Å². The number of carbonyl (C=O) groups is 1. The molecule has 30 heavy (non-hydrogen) atoms. The fraction of sp³-hybridized carbons (Fsp3) is 0.458. The van der Waals surface area contributed by atoms with E-state index in [0.29, 0.717) is 18.9 Å². The third-order valence-corrected chi connectivity index (χ3v) is 6.68. The van der Waals surface area contributed by atoms with Crippen LogP contribution in [-0.2, 0) is 11.2 Å². The van der Waals surface area contributed by atoms with Gasteiger partial charge in [-0.15, -0.1) is 0 Å². The molecule has 1 N–H and O–H groups in total. The number of nitrogens with zero attached hydrogens (tertiary/aromatic N) is 1. The van der Waals surface area contributed by atoms with Gasteiger partial charge in [0.2, 0.25) is 5.91 Å². The lowest BCUT2D eigenvalue weighted by atomic mass is 9.88. The van der Waals surface area contributed by atoms with Crippen molar-refractivity contribution in [3.63, 3.8) is 0 Å². The molecule has 0 spiro atoms. The van der Waals surface area contributed by atoms with E-state index in [4.69, 9.17) is 16.3 Å². The topological polar surface area (TPSA) is 38.3 Å². The van der Waals surface area contributed by atoms with Gasteiger partial charge in [-0.3, -0.25) is 4.79 Å². The predicted octanol–water partition coefficient (Wildman–Crippen LogP) is 2.02. The molecule has 2 aromatic rings. The number of amides is 1. The molecule has 6 heteroatoms. The molecule has 0 saturated carbocycles. The van der Waals surface area contributed by atoms with Crippen molar-refractivity contribution in [3.05, 3.63) is 58.6 Å². The van der Waals surface area contributed by atoms with E-state index in [2.05, 4.69) is 36.6 Å². The summed E-state index contributed by atoms with van der Waals surface area (Å²) in [7, 11) is 2.36. The summed E-state index contributed by atoms with van der Waals surface area (Å²) in [4.78, 5) is 11.6. The monoisotopic (exact) mass is 540 g/mol. The van der Waals surface area contributed by atoms with Gasteiger partial charge in [-0.25, -0.2) is 0 Å². The molecule has 0 radical (unpaired) electrons. The second-order valence-corrected chi connectivity index (χ2v) is 9.13. The van der Waals surface area contributed by atoms with E-state index in [1.54, 1.807) is 0 Å². The lowest BCUT2D eigenvalue weighted by molar-refractivity contribution is -0.914. The number of ether oxygens (including phenoxy) is 1. The first-order valence-corrected chi connectivity index (χ1v) is 11.0. The van der Waals surface area contributed by atoms with Crippen molar-refractivity contribution in [1.82, 2.24) is 0 Å². The summed E-state index contributed by atoms with van der Waals surface area (Å²) in [5.74, 6) is 1.56. The van der Waals surface area contributed by atoms with Crippen molar-refractivity contribution < 1.29 is 38.0 Å². The standard InChI is InChI=1S/C24H29ClN2O2.HI/c1-27(13-10-18(11-14-27)20-4-2-5-21(25)16-20)12-3-15-29-22-8-6-19-7-9-24(28)26-23(19)17-22;/h2,4-6,8,16-18H,3,7,9-15H2,1H3;1H. The first-order chi connectivity index (χ1) is 14.0. The van der Waals surface area contributed by atoms with Crippen LogP contribution in [0.3, 0.4) is 0 Å². The van der Waals surface area contributed by atoms with Crippen LogP contribution >= 0.6 is 11.6 Å². The average Bonchev–Trinajstić information content (AvgIpc) is 2.71. The Labute approximate surface area is 201 Å². The van der Waals surface area contributed by atoms with Gasteiger partial charge >= 0.3 is 0 Å². The molecule has 0 unspecified atom stereocenters. The van der Waals surface area contributed by atoms with Gasteiger partial charge in [-0.1, -0.05) is 29.8 Å². The number of rotatable bonds is 6. The third kappa shape index (κ3) is 5.89. The highest BCUT2D eigenvalue weighted by atomic mass is 127. The summed E-state index contributed by atoms with van der Waals surface area (Å²) in [6.45, 7) is 4.23. The smallest absolute Gasteiger partial charge is 0.224 e. The Morgan fingerprint density at radius 1 is 1.13 bits per heavy atom. The van der Waals surface area contributed by atoms with Gasteiger partial charge in [-0.2, -0.15) is 0 Å². The van der Waals surface area contributed by atoms with Crippen molar-refractivity contribution in [2.24, 2.45) is 0 Å². The minimum Gasteiger partial charge on any atom is -1.00 e. The number of piperidine rings is 1. The molecule has 1 fully saturated rings. The minimum atomic E-state index is 0. The highest BCUT2D eigenvalue weighted by Crippen LogP contribution is 2.32. The fourth-order valence-electron chi connectivity index (χ4n) is 4.59. The largest absolute Gasteiger partial charge is 1.00 e. The Bertz CT molecular complexity index is 881. The lowest BCUT2D eigenvalue weighted by Crippen LogP contribution is -3.00. The number of benzene rings is 2. The predicted molar refractivity (Wildman–Crippen MR) is 118 cm³/mol. The Hall–Kier alpha value is -1.31. The van der Waals surface area contributed by atoms with Gasteiger partial charge in [0.1, 0.15) is 5.75 Å². The molecule has 162 valence electrons. The molecule has 1 amide bonds. The quantitative estimate of drug-likeness (QED) is 0.346. The highest BCUT2D eigenvalue weighted by Gasteiger charge is 2.30. The maximum atomic E-state index is 11.6. The van der Waals surface area contributed by atoms with Crippen molar-refractivity contribution in [3.8, 4) is 5.75 Å². The Morgan fingerprint density at radius 2 is 1.93 bits per heavy atom. The van der Waals surface area contributed by atoms with Crippen LogP contribution in [0.25, 0.3) is 0 Å². The van der Waals surface area contributed by atoms with Gasteiger partial charge in [0.05, 0.1) is 33.3 Å². The summed E-state index contributed by atoms with van der Waals surface area (Å²) in [5, 5.41) is 3.78. The number of hydrogen-bond donors (Lipinski definition) is 1. The molecular formula is C24H30ClIN2O2. The molecule has 2 heterocycles. The number of halogens is 2. The molecule has 0 atom stereocenters. The first kappa shape index (κ1) is 23.4. The summed E-state index contributed by atoms with van der Waals surface area (Å²) in [6.07, 6.45) is 4.83. The molecular weight excluding hydrogens is 511 g/mol. The van der Waals surface area contributed by atoms with Gasteiger partial charge < -0.3 is 38.5 Å². The molecule has 1 saturated heterocycles. The molecule has 4 rings (SSSR count). The lowest BCUT2D eigenvalue weighted by Gasteiger charge is -2.41. The molecule has 0 aliphatic carbocycles. The number of carbonyl (C=O) groups excluding carboxylic acids is 1. The van der Waals surface area contributed by atoms with Crippen LogP contribution in [0.5, 0.6) is 5.75 Å².